The largest absolute Gasteiger partial charge is 0.493 e. The first kappa shape index (κ1) is 21.0. The summed E-state index contributed by atoms with van der Waals surface area (Å²) in [6.45, 7) is 0.627. The fourth-order valence-corrected chi connectivity index (χ4v) is 3.82. The van der Waals surface area contributed by atoms with Crippen LogP contribution >= 0.6 is 11.6 Å². The second-order valence-corrected chi connectivity index (χ2v) is 7.24. The number of hydrogen-bond acceptors (Lipinski definition) is 5. The number of benzene rings is 2. The average Bonchev–Trinajstić information content (AvgIpc) is 2.68. The molecule has 2 N–H and O–H groups in total. The minimum atomic E-state index is -0.933. The lowest BCUT2D eigenvalue weighted by atomic mass is 9.90. The zero-order chi connectivity index (χ0) is 21.0. The Hall–Kier alpha value is -2.77. The highest BCUT2D eigenvalue weighted by molar-refractivity contribution is 6.30. The van der Waals surface area contributed by atoms with Crippen molar-refractivity contribution in [2.24, 2.45) is 0 Å². The van der Waals surface area contributed by atoms with Crippen molar-refractivity contribution in [3.8, 4) is 11.5 Å². The predicted octanol–water partition coefficient (Wildman–Crippen LogP) is 3.37. The number of carbonyl (C=O) groups is 2. The molecule has 7 nitrogen and oxygen atoms in total. The summed E-state index contributed by atoms with van der Waals surface area (Å²) in [5.74, 6) is -0.0243. The zero-order valence-electron chi connectivity index (χ0n) is 16.3. The van der Waals surface area contributed by atoms with Crippen molar-refractivity contribution in [1.82, 2.24) is 4.90 Å². The van der Waals surface area contributed by atoms with Crippen LogP contribution in [0.3, 0.4) is 0 Å². The molecule has 8 heteroatoms. The van der Waals surface area contributed by atoms with Crippen LogP contribution in [0.25, 0.3) is 0 Å². The molecule has 1 atom stereocenters. The summed E-state index contributed by atoms with van der Waals surface area (Å²) in [5.41, 5.74) is 2.44. The molecule has 0 radical (unpaired) electrons. The molecule has 2 aromatic carbocycles. The molecule has 1 aliphatic heterocycles. The third-order valence-corrected chi connectivity index (χ3v) is 5.17. The molecule has 154 valence electrons. The van der Waals surface area contributed by atoms with Gasteiger partial charge in [-0.25, -0.2) is 0 Å². The molecular formula is C21H23ClN2O5. The zero-order valence-corrected chi connectivity index (χ0v) is 17.0. The summed E-state index contributed by atoms with van der Waals surface area (Å²) >= 11 is 5.96. The van der Waals surface area contributed by atoms with Crippen LogP contribution in [-0.4, -0.2) is 49.2 Å². The van der Waals surface area contributed by atoms with Crippen molar-refractivity contribution >= 4 is 29.2 Å². The molecule has 0 saturated heterocycles. The first-order valence-electron chi connectivity index (χ1n) is 9.17. The lowest BCUT2D eigenvalue weighted by molar-refractivity contribution is -0.139. The number of fused-ring (bicyclic) bond motifs is 1. The standard InChI is InChI=1S/C21H23ClN2O5/c1-28-18-8-13-6-7-24(12-20(25)23-15-5-3-4-14(22)9-15)17(11-21(26)27)16(13)10-19(18)29-2/h3-5,8-10,17H,6-7,11-12H2,1-2H3,(H,23,25)(H,26,27). The van der Waals surface area contributed by atoms with E-state index in [1.54, 1.807) is 31.4 Å². The number of carbonyl (C=O) groups excluding carboxylic acids is 1. The Morgan fingerprint density at radius 1 is 1.21 bits per heavy atom. The molecule has 0 aromatic heterocycles. The van der Waals surface area contributed by atoms with Crippen molar-refractivity contribution < 1.29 is 24.2 Å². The van der Waals surface area contributed by atoms with Crippen molar-refractivity contribution in [2.75, 3.05) is 32.6 Å². The quantitative estimate of drug-likeness (QED) is 0.716. The molecule has 0 aliphatic carbocycles. The Kier molecular flexibility index (Phi) is 6.61. The number of aliphatic carboxylic acids is 1. The number of nitrogens with zero attached hydrogens (tertiary/aromatic N) is 1. The van der Waals surface area contributed by atoms with Gasteiger partial charge >= 0.3 is 5.97 Å². The molecule has 0 fully saturated rings. The molecule has 3 rings (SSSR count). The van der Waals surface area contributed by atoms with Crippen molar-refractivity contribution in [1.29, 1.82) is 0 Å². The molecule has 1 unspecified atom stereocenters. The molecule has 1 amide bonds. The van der Waals surface area contributed by atoms with E-state index in [0.717, 1.165) is 11.1 Å². The van der Waals surface area contributed by atoms with E-state index in [1.165, 1.54) is 7.11 Å². The highest BCUT2D eigenvalue weighted by Gasteiger charge is 2.32. The van der Waals surface area contributed by atoms with Crippen LogP contribution in [0, 0.1) is 0 Å². The van der Waals surface area contributed by atoms with Gasteiger partial charge in [0.15, 0.2) is 11.5 Å². The highest BCUT2D eigenvalue weighted by atomic mass is 35.5. The van der Waals surface area contributed by atoms with E-state index < -0.39 is 12.0 Å². The van der Waals surface area contributed by atoms with E-state index in [9.17, 15) is 14.7 Å². The first-order chi connectivity index (χ1) is 13.9. The molecule has 0 saturated carbocycles. The molecule has 0 spiro atoms. The summed E-state index contributed by atoms with van der Waals surface area (Å²) in [5, 5.41) is 12.8. The number of ether oxygens (including phenoxy) is 2. The third-order valence-electron chi connectivity index (χ3n) is 4.94. The number of hydrogen-bond donors (Lipinski definition) is 2. The predicted molar refractivity (Wildman–Crippen MR) is 110 cm³/mol. The lowest BCUT2D eigenvalue weighted by Crippen LogP contribution is -2.41. The monoisotopic (exact) mass is 418 g/mol. The lowest BCUT2D eigenvalue weighted by Gasteiger charge is -2.36. The smallest absolute Gasteiger partial charge is 0.305 e. The van der Waals surface area contributed by atoms with Gasteiger partial charge in [-0.05, 0) is 47.9 Å². The molecular weight excluding hydrogens is 396 g/mol. The van der Waals surface area contributed by atoms with Gasteiger partial charge < -0.3 is 19.9 Å². The van der Waals surface area contributed by atoms with E-state index in [4.69, 9.17) is 21.1 Å². The van der Waals surface area contributed by atoms with Crippen LogP contribution in [0.15, 0.2) is 36.4 Å². The van der Waals surface area contributed by atoms with Crippen LogP contribution in [0.2, 0.25) is 5.02 Å². The number of methoxy groups -OCH3 is 2. The van der Waals surface area contributed by atoms with E-state index in [1.807, 2.05) is 17.0 Å². The van der Waals surface area contributed by atoms with Gasteiger partial charge in [0.2, 0.25) is 5.91 Å². The van der Waals surface area contributed by atoms with Crippen LogP contribution in [0.4, 0.5) is 5.69 Å². The molecule has 1 heterocycles. The summed E-state index contributed by atoms with van der Waals surface area (Å²) in [6, 6.07) is 10.1. The summed E-state index contributed by atoms with van der Waals surface area (Å²) in [7, 11) is 3.10. The maximum Gasteiger partial charge on any atom is 0.305 e. The second-order valence-electron chi connectivity index (χ2n) is 6.80. The van der Waals surface area contributed by atoms with Gasteiger partial charge in [0.25, 0.3) is 0 Å². The number of nitrogens with one attached hydrogen (secondary N) is 1. The Balaban J connectivity index is 1.83. The normalized spacial score (nSPS) is 16.0. The molecule has 1 aliphatic rings. The Bertz CT molecular complexity index is 918. The van der Waals surface area contributed by atoms with Gasteiger partial charge in [-0.15, -0.1) is 0 Å². The number of carboxylic acids is 1. The maximum absolute atomic E-state index is 12.6. The van der Waals surface area contributed by atoms with E-state index in [0.29, 0.717) is 35.2 Å². The maximum atomic E-state index is 12.6. The van der Waals surface area contributed by atoms with E-state index >= 15 is 0 Å². The van der Waals surface area contributed by atoms with Gasteiger partial charge in [0.1, 0.15) is 0 Å². The van der Waals surface area contributed by atoms with Gasteiger partial charge in [0, 0.05) is 23.3 Å². The van der Waals surface area contributed by atoms with E-state index in [2.05, 4.69) is 5.32 Å². The number of rotatable bonds is 7. The molecule has 2 aromatic rings. The first-order valence-corrected chi connectivity index (χ1v) is 9.55. The van der Waals surface area contributed by atoms with Gasteiger partial charge in [-0.3, -0.25) is 14.5 Å². The number of carboxylic acid groups (broad SMARTS) is 1. The average molecular weight is 419 g/mol. The SMILES string of the molecule is COc1cc2c(cc1OC)C(CC(=O)O)N(CC(=O)Nc1cccc(Cl)c1)CC2. The Labute approximate surface area is 174 Å². The van der Waals surface area contributed by atoms with Gasteiger partial charge in [-0.1, -0.05) is 17.7 Å². The molecule has 29 heavy (non-hydrogen) atoms. The van der Waals surface area contributed by atoms with Crippen LogP contribution in [0.5, 0.6) is 11.5 Å². The van der Waals surface area contributed by atoms with E-state index in [-0.39, 0.29) is 18.9 Å². The fraction of sp³-hybridized carbons (Fsp3) is 0.333. The highest BCUT2D eigenvalue weighted by Crippen LogP contribution is 2.39. The number of halogens is 1. The Morgan fingerprint density at radius 3 is 2.59 bits per heavy atom. The summed E-state index contributed by atoms with van der Waals surface area (Å²) in [4.78, 5) is 26.0. The van der Waals surface area contributed by atoms with Gasteiger partial charge in [0.05, 0.1) is 27.2 Å². The fourth-order valence-electron chi connectivity index (χ4n) is 3.63. The summed E-state index contributed by atoms with van der Waals surface area (Å²) in [6.07, 6.45) is 0.559. The van der Waals surface area contributed by atoms with Crippen molar-refractivity contribution in [2.45, 2.75) is 18.9 Å². The number of anilines is 1. The Morgan fingerprint density at radius 2 is 1.93 bits per heavy atom. The molecule has 0 bridgehead atoms. The van der Waals surface area contributed by atoms with Crippen LogP contribution in [-0.2, 0) is 16.0 Å². The van der Waals surface area contributed by atoms with Crippen LogP contribution < -0.4 is 14.8 Å². The minimum absolute atomic E-state index is 0.0677. The topological polar surface area (TPSA) is 88.1 Å². The van der Waals surface area contributed by atoms with Crippen molar-refractivity contribution in [3.63, 3.8) is 0 Å². The van der Waals surface area contributed by atoms with Crippen LogP contribution in [0.1, 0.15) is 23.6 Å². The van der Waals surface area contributed by atoms with Crippen molar-refractivity contribution in [3.05, 3.63) is 52.5 Å². The van der Waals surface area contributed by atoms with Gasteiger partial charge in [-0.2, -0.15) is 0 Å². The second kappa shape index (κ2) is 9.15. The minimum Gasteiger partial charge on any atom is -0.493 e. The summed E-state index contributed by atoms with van der Waals surface area (Å²) < 4.78 is 10.7. The third kappa shape index (κ3) is 4.99. The number of amides is 1.